The van der Waals surface area contributed by atoms with Gasteiger partial charge in [-0.1, -0.05) is 0 Å². The van der Waals surface area contributed by atoms with Crippen molar-refractivity contribution in [1.82, 2.24) is 15.1 Å². The Balaban J connectivity index is 3.01. The zero-order valence-corrected chi connectivity index (χ0v) is 11.4. The second kappa shape index (κ2) is 6.18. The average molecular weight is 252 g/mol. The largest absolute Gasteiger partial charge is 0.355 e. The second-order valence-electron chi connectivity index (χ2n) is 4.03. The van der Waals surface area contributed by atoms with Crippen LogP contribution in [0.4, 0.5) is 5.82 Å². The fourth-order valence-electron chi connectivity index (χ4n) is 1.94. The third-order valence-electron chi connectivity index (χ3n) is 2.74. The molecule has 0 radical (unpaired) electrons. The molecule has 0 bridgehead atoms. The summed E-state index contributed by atoms with van der Waals surface area (Å²) in [5.74, 6) is 0.631. The van der Waals surface area contributed by atoms with E-state index in [1.54, 1.807) is 18.7 Å². The first-order valence-electron chi connectivity index (χ1n) is 6.05. The molecule has 1 rings (SSSR count). The lowest BCUT2D eigenvalue weighted by Crippen LogP contribution is -2.38. The molecule has 0 aliphatic heterocycles. The highest BCUT2D eigenvalue weighted by Gasteiger charge is 2.19. The molecule has 1 amide bonds. The number of likely N-dealkylation sites (N-methyl/N-ethyl adjacent to an activating group) is 2. The van der Waals surface area contributed by atoms with Crippen molar-refractivity contribution in [3.63, 3.8) is 0 Å². The van der Waals surface area contributed by atoms with Gasteiger partial charge in [0, 0.05) is 20.1 Å². The summed E-state index contributed by atoms with van der Waals surface area (Å²) in [6.07, 6.45) is 0.790. The topological polar surface area (TPSA) is 67.2 Å². The summed E-state index contributed by atoms with van der Waals surface area (Å²) >= 11 is 0. The van der Waals surface area contributed by atoms with Crippen molar-refractivity contribution >= 4 is 18.0 Å². The first kappa shape index (κ1) is 14.2. The first-order chi connectivity index (χ1) is 8.54. The van der Waals surface area contributed by atoms with Crippen LogP contribution in [0, 0.1) is 6.92 Å². The molecular weight excluding hydrogens is 232 g/mol. The predicted molar refractivity (Wildman–Crippen MR) is 69.9 cm³/mol. The molecule has 0 unspecified atom stereocenters. The molecule has 0 aliphatic rings. The van der Waals surface area contributed by atoms with Crippen molar-refractivity contribution in [3.8, 4) is 0 Å². The highest BCUT2D eigenvalue weighted by Crippen LogP contribution is 2.20. The minimum Gasteiger partial charge on any atom is -0.355 e. The Morgan fingerprint density at radius 3 is 2.67 bits per heavy atom. The quantitative estimate of drug-likeness (QED) is 0.749. The number of rotatable bonds is 6. The molecule has 0 spiro atoms. The minimum atomic E-state index is -0.0601. The van der Waals surface area contributed by atoms with Crippen molar-refractivity contribution in [2.75, 3.05) is 24.5 Å². The van der Waals surface area contributed by atoms with Gasteiger partial charge >= 0.3 is 0 Å². The number of hydrogen-bond donors (Lipinski definition) is 1. The zero-order chi connectivity index (χ0) is 13.7. The van der Waals surface area contributed by atoms with Gasteiger partial charge in [0.25, 0.3) is 0 Å². The Hall–Kier alpha value is -1.85. The molecule has 1 N–H and O–H groups in total. The van der Waals surface area contributed by atoms with Crippen LogP contribution in [0.5, 0.6) is 0 Å². The highest BCUT2D eigenvalue weighted by atomic mass is 16.2. The summed E-state index contributed by atoms with van der Waals surface area (Å²) in [6, 6.07) is 0. The molecule has 0 atom stereocenters. The van der Waals surface area contributed by atoms with Crippen LogP contribution in [0.15, 0.2) is 0 Å². The van der Waals surface area contributed by atoms with Crippen molar-refractivity contribution < 1.29 is 9.59 Å². The molecule has 1 heterocycles. The van der Waals surface area contributed by atoms with Crippen LogP contribution in [-0.2, 0) is 11.8 Å². The van der Waals surface area contributed by atoms with Gasteiger partial charge in [0.15, 0.2) is 6.29 Å². The lowest BCUT2D eigenvalue weighted by Gasteiger charge is -2.22. The van der Waals surface area contributed by atoms with Crippen LogP contribution in [0.1, 0.15) is 29.9 Å². The Labute approximate surface area is 107 Å². The highest BCUT2D eigenvalue weighted by molar-refractivity contribution is 5.87. The maximum atomic E-state index is 11.6. The van der Waals surface area contributed by atoms with E-state index in [1.807, 2.05) is 18.7 Å². The Bertz CT molecular complexity index is 440. The number of aromatic nitrogens is 2. The number of aldehydes is 1. The van der Waals surface area contributed by atoms with E-state index in [2.05, 4.69) is 10.4 Å². The van der Waals surface area contributed by atoms with Crippen LogP contribution < -0.4 is 10.2 Å². The van der Waals surface area contributed by atoms with E-state index in [9.17, 15) is 9.59 Å². The third-order valence-corrected chi connectivity index (χ3v) is 2.74. The molecule has 100 valence electrons. The molecule has 18 heavy (non-hydrogen) atoms. The van der Waals surface area contributed by atoms with Crippen molar-refractivity contribution in [3.05, 3.63) is 11.3 Å². The number of amides is 1. The van der Waals surface area contributed by atoms with Gasteiger partial charge in [-0.3, -0.25) is 14.3 Å². The maximum absolute atomic E-state index is 11.6. The van der Waals surface area contributed by atoms with Gasteiger partial charge in [0.1, 0.15) is 5.82 Å². The van der Waals surface area contributed by atoms with Gasteiger partial charge in [0.05, 0.1) is 17.8 Å². The monoisotopic (exact) mass is 252 g/mol. The summed E-state index contributed by atoms with van der Waals surface area (Å²) in [6.45, 7) is 7.06. The van der Waals surface area contributed by atoms with Crippen molar-refractivity contribution in [2.24, 2.45) is 7.05 Å². The summed E-state index contributed by atoms with van der Waals surface area (Å²) in [5, 5.41) is 6.96. The molecule has 6 nitrogen and oxygen atoms in total. The maximum Gasteiger partial charge on any atom is 0.239 e. The minimum absolute atomic E-state index is 0.0601. The Morgan fingerprint density at radius 1 is 1.50 bits per heavy atom. The number of nitrogens with one attached hydrogen (secondary N) is 1. The molecule has 0 saturated carbocycles. The average Bonchev–Trinajstić information content (AvgIpc) is 2.61. The van der Waals surface area contributed by atoms with E-state index >= 15 is 0 Å². The zero-order valence-electron chi connectivity index (χ0n) is 11.4. The Morgan fingerprint density at radius 2 is 2.17 bits per heavy atom. The molecule has 0 aliphatic carbocycles. The van der Waals surface area contributed by atoms with Gasteiger partial charge in [-0.15, -0.1) is 0 Å². The number of carbonyl (C=O) groups excluding carboxylic acids is 2. The summed E-state index contributed by atoms with van der Waals surface area (Å²) in [7, 11) is 1.77. The standard InChI is InChI=1S/C12H20N4O2/c1-5-13-11(18)7-16(6-2)12-10(8-17)9(3)14-15(12)4/h8H,5-7H2,1-4H3,(H,13,18). The molecule has 1 aromatic rings. The van der Waals surface area contributed by atoms with E-state index < -0.39 is 0 Å². The van der Waals surface area contributed by atoms with Gasteiger partial charge in [0.2, 0.25) is 5.91 Å². The van der Waals surface area contributed by atoms with Crippen LogP contribution >= 0.6 is 0 Å². The normalized spacial score (nSPS) is 10.2. The third kappa shape index (κ3) is 2.88. The van der Waals surface area contributed by atoms with Gasteiger partial charge in [-0.05, 0) is 20.8 Å². The van der Waals surface area contributed by atoms with Gasteiger partial charge < -0.3 is 10.2 Å². The van der Waals surface area contributed by atoms with Crippen LogP contribution in [0.25, 0.3) is 0 Å². The van der Waals surface area contributed by atoms with Crippen LogP contribution in [0.3, 0.4) is 0 Å². The second-order valence-corrected chi connectivity index (χ2v) is 4.03. The summed E-state index contributed by atoms with van der Waals surface area (Å²) < 4.78 is 1.64. The lowest BCUT2D eigenvalue weighted by molar-refractivity contribution is -0.119. The molecule has 0 fully saturated rings. The van der Waals surface area contributed by atoms with E-state index in [-0.39, 0.29) is 12.5 Å². The predicted octanol–water partition coefficient (Wildman–Crippen LogP) is 0.503. The van der Waals surface area contributed by atoms with E-state index in [4.69, 9.17) is 0 Å². The van der Waals surface area contributed by atoms with Crippen molar-refractivity contribution in [1.29, 1.82) is 0 Å². The van der Waals surface area contributed by atoms with Crippen LogP contribution in [-0.4, -0.2) is 41.6 Å². The first-order valence-corrected chi connectivity index (χ1v) is 6.05. The summed E-state index contributed by atoms with van der Waals surface area (Å²) in [4.78, 5) is 24.6. The smallest absolute Gasteiger partial charge is 0.239 e. The van der Waals surface area contributed by atoms with E-state index in [0.29, 0.717) is 30.2 Å². The number of hydrogen-bond acceptors (Lipinski definition) is 4. The molecule has 1 aromatic heterocycles. The number of nitrogens with zero attached hydrogens (tertiary/aromatic N) is 3. The molecular formula is C12H20N4O2. The van der Waals surface area contributed by atoms with Gasteiger partial charge in [-0.2, -0.15) is 5.10 Å². The Kier molecular flexibility index (Phi) is 4.88. The van der Waals surface area contributed by atoms with E-state index in [0.717, 1.165) is 6.29 Å². The number of aryl methyl sites for hydroxylation is 2. The van der Waals surface area contributed by atoms with Crippen molar-refractivity contribution in [2.45, 2.75) is 20.8 Å². The number of anilines is 1. The molecule has 6 heteroatoms. The van der Waals surface area contributed by atoms with Crippen LogP contribution in [0.2, 0.25) is 0 Å². The summed E-state index contributed by atoms with van der Waals surface area (Å²) in [5.41, 5.74) is 1.22. The SMILES string of the molecule is CCNC(=O)CN(CC)c1c(C=O)c(C)nn1C. The fraction of sp³-hybridized carbons (Fsp3) is 0.583. The molecule has 0 saturated heterocycles. The fourth-order valence-corrected chi connectivity index (χ4v) is 1.94. The van der Waals surface area contributed by atoms with E-state index in [1.165, 1.54) is 0 Å². The number of carbonyl (C=O) groups is 2. The van der Waals surface area contributed by atoms with Gasteiger partial charge in [-0.25, -0.2) is 0 Å². The lowest BCUT2D eigenvalue weighted by atomic mass is 10.2. The molecule has 0 aromatic carbocycles.